The lowest BCUT2D eigenvalue weighted by Crippen LogP contribution is -2.31. The van der Waals surface area contributed by atoms with Crippen LogP contribution >= 0.6 is 0 Å². The van der Waals surface area contributed by atoms with Gasteiger partial charge in [-0.15, -0.1) is 0 Å². The third-order valence-electron chi connectivity index (χ3n) is 4.31. The summed E-state index contributed by atoms with van der Waals surface area (Å²) in [5, 5.41) is 3.61. The number of rotatable bonds is 6. The van der Waals surface area contributed by atoms with Crippen LogP contribution in [0.25, 0.3) is 0 Å². The number of methoxy groups -OCH3 is 1. The van der Waals surface area contributed by atoms with Crippen molar-refractivity contribution >= 4 is 0 Å². The molecule has 0 aliphatic carbocycles. The van der Waals surface area contributed by atoms with E-state index in [0.29, 0.717) is 13.2 Å². The summed E-state index contributed by atoms with van der Waals surface area (Å²) in [7, 11) is 1.71. The predicted octanol–water partition coefficient (Wildman–Crippen LogP) is 3.73. The smallest absolute Gasteiger partial charge is 0.161 e. The van der Waals surface area contributed by atoms with Crippen molar-refractivity contribution in [2.24, 2.45) is 0 Å². The number of ether oxygens (including phenoxy) is 3. The molecule has 0 aromatic heterocycles. The monoisotopic (exact) mass is 327 g/mol. The van der Waals surface area contributed by atoms with Crippen LogP contribution in [-0.2, 0) is 6.42 Å². The topological polar surface area (TPSA) is 39.7 Å². The van der Waals surface area contributed by atoms with Crippen LogP contribution in [0.3, 0.4) is 0 Å². The Bertz CT molecular complexity index is 699. The molecule has 0 bridgehead atoms. The van der Waals surface area contributed by atoms with E-state index in [0.717, 1.165) is 35.8 Å². The molecular formula is C20H25NO3. The van der Waals surface area contributed by atoms with Crippen LogP contribution in [-0.4, -0.2) is 26.9 Å². The maximum absolute atomic E-state index is 5.81. The molecule has 1 aliphatic rings. The lowest BCUT2D eigenvalue weighted by atomic mass is 9.89. The summed E-state index contributed by atoms with van der Waals surface area (Å²) in [4.78, 5) is 0. The minimum Gasteiger partial charge on any atom is -0.496 e. The standard InChI is InChI=1S/C20H25NO3/c1-4-23-18-12-14-10-11-21-20(16(14)13-19(18)24-5-2)15-8-6-7-9-17(15)22-3/h6-9,12-13,20-21H,4-5,10-11H2,1-3H3/t20-/m0/s1. The van der Waals surface area contributed by atoms with E-state index in [1.54, 1.807) is 7.11 Å². The zero-order valence-electron chi connectivity index (χ0n) is 14.6. The summed E-state index contributed by atoms with van der Waals surface area (Å²) in [6, 6.07) is 12.5. The van der Waals surface area contributed by atoms with Crippen molar-refractivity contribution in [2.75, 3.05) is 26.9 Å². The SMILES string of the molecule is CCOc1cc2c(cc1OCC)[C@H](c1ccccc1OC)NCC2. The average molecular weight is 327 g/mol. The molecule has 1 aliphatic heterocycles. The van der Waals surface area contributed by atoms with E-state index in [-0.39, 0.29) is 6.04 Å². The molecule has 2 aromatic carbocycles. The predicted molar refractivity (Wildman–Crippen MR) is 95.3 cm³/mol. The Morgan fingerprint density at radius 3 is 2.38 bits per heavy atom. The number of hydrogen-bond acceptors (Lipinski definition) is 4. The normalized spacial score (nSPS) is 16.4. The molecule has 0 spiro atoms. The van der Waals surface area contributed by atoms with Gasteiger partial charge in [0.15, 0.2) is 11.5 Å². The molecule has 2 aromatic rings. The number of fused-ring (bicyclic) bond motifs is 1. The van der Waals surface area contributed by atoms with Crippen molar-refractivity contribution in [1.29, 1.82) is 0 Å². The molecule has 0 amide bonds. The fraction of sp³-hybridized carbons (Fsp3) is 0.400. The van der Waals surface area contributed by atoms with Crippen LogP contribution in [0.2, 0.25) is 0 Å². The van der Waals surface area contributed by atoms with Crippen molar-refractivity contribution in [3.05, 3.63) is 53.1 Å². The molecule has 0 saturated carbocycles. The Morgan fingerprint density at radius 2 is 1.67 bits per heavy atom. The van der Waals surface area contributed by atoms with Gasteiger partial charge in [0.1, 0.15) is 5.75 Å². The maximum atomic E-state index is 5.81. The van der Waals surface area contributed by atoms with Crippen LogP contribution in [0.4, 0.5) is 0 Å². The minimum absolute atomic E-state index is 0.0970. The fourth-order valence-electron chi connectivity index (χ4n) is 3.28. The molecule has 1 heterocycles. The van der Waals surface area contributed by atoms with E-state index in [9.17, 15) is 0 Å². The van der Waals surface area contributed by atoms with E-state index >= 15 is 0 Å². The highest BCUT2D eigenvalue weighted by atomic mass is 16.5. The van der Waals surface area contributed by atoms with Crippen molar-refractivity contribution in [3.8, 4) is 17.2 Å². The fourth-order valence-corrected chi connectivity index (χ4v) is 3.28. The molecule has 0 unspecified atom stereocenters. The van der Waals surface area contributed by atoms with E-state index in [1.807, 2.05) is 32.0 Å². The average Bonchev–Trinajstić information content (AvgIpc) is 2.62. The summed E-state index contributed by atoms with van der Waals surface area (Å²) in [5.41, 5.74) is 3.68. The highest BCUT2D eigenvalue weighted by Crippen LogP contribution is 2.39. The Kier molecular flexibility index (Phi) is 5.26. The van der Waals surface area contributed by atoms with Gasteiger partial charge in [0.2, 0.25) is 0 Å². The zero-order chi connectivity index (χ0) is 16.9. The third-order valence-corrected chi connectivity index (χ3v) is 4.31. The number of benzene rings is 2. The van der Waals surface area contributed by atoms with Gasteiger partial charge in [-0.2, -0.15) is 0 Å². The molecule has 4 heteroatoms. The Morgan fingerprint density at radius 1 is 0.958 bits per heavy atom. The van der Waals surface area contributed by atoms with Crippen LogP contribution in [0, 0.1) is 0 Å². The van der Waals surface area contributed by atoms with Gasteiger partial charge in [0.05, 0.1) is 26.4 Å². The zero-order valence-corrected chi connectivity index (χ0v) is 14.6. The molecule has 1 N–H and O–H groups in total. The lowest BCUT2D eigenvalue weighted by molar-refractivity contribution is 0.286. The minimum atomic E-state index is 0.0970. The molecule has 128 valence electrons. The van der Waals surface area contributed by atoms with Gasteiger partial charge in [-0.25, -0.2) is 0 Å². The summed E-state index contributed by atoms with van der Waals surface area (Å²) in [6.07, 6.45) is 0.980. The van der Waals surface area contributed by atoms with Crippen LogP contribution in [0.5, 0.6) is 17.2 Å². The quantitative estimate of drug-likeness (QED) is 0.877. The summed E-state index contributed by atoms with van der Waals surface area (Å²) in [6.45, 7) is 6.16. The first kappa shape index (κ1) is 16.7. The molecule has 0 radical (unpaired) electrons. The molecule has 3 rings (SSSR count). The summed E-state index contributed by atoms with van der Waals surface area (Å²) < 4.78 is 17.1. The van der Waals surface area contributed by atoms with Crippen molar-refractivity contribution in [3.63, 3.8) is 0 Å². The lowest BCUT2D eigenvalue weighted by Gasteiger charge is -2.29. The maximum Gasteiger partial charge on any atom is 0.161 e. The molecule has 0 fully saturated rings. The largest absolute Gasteiger partial charge is 0.496 e. The summed E-state index contributed by atoms with van der Waals surface area (Å²) >= 11 is 0. The van der Waals surface area contributed by atoms with E-state index in [1.165, 1.54) is 11.1 Å². The Hall–Kier alpha value is -2.20. The van der Waals surface area contributed by atoms with Crippen molar-refractivity contribution in [1.82, 2.24) is 5.32 Å². The number of nitrogens with one attached hydrogen (secondary N) is 1. The second kappa shape index (κ2) is 7.58. The van der Waals surface area contributed by atoms with E-state index < -0.39 is 0 Å². The Labute approximate surface area is 143 Å². The second-order valence-electron chi connectivity index (χ2n) is 5.74. The third kappa shape index (κ3) is 3.20. The van der Waals surface area contributed by atoms with E-state index in [4.69, 9.17) is 14.2 Å². The van der Waals surface area contributed by atoms with Gasteiger partial charge < -0.3 is 19.5 Å². The van der Waals surface area contributed by atoms with E-state index in [2.05, 4.69) is 23.5 Å². The van der Waals surface area contributed by atoms with Gasteiger partial charge in [0, 0.05) is 12.1 Å². The molecule has 24 heavy (non-hydrogen) atoms. The first-order valence-corrected chi connectivity index (χ1v) is 8.57. The highest BCUT2D eigenvalue weighted by Gasteiger charge is 2.26. The van der Waals surface area contributed by atoms with Gasteiger partial charge in [0.25, 0.3) is 0 Å². The molecular weight excluding hydrogens is 302 g/mol. The number of hydrogen-bond donors (Lipinski definition) is 1. The van der Waals surface area contributed by atoms with Crippen LogP contribution < -0.4 is 19.5 Å². The van der Waals surface area contributed by atoms with Crippen LogP contribution in [0.1, 0.15) is 36.6 Å². The first-order valence-electron chi connectivity index (χ1n) is 8.57. The van der Waals surface area contributed by atoms with Crippen LogP contribution in [0.15, 0.2) is 36.4 Å². The molecule has 0 saturated heterocycles. The van der Waals surface area contributed by atoms with Gasteiger partial charge in [-0.05, 0) is 49.6 Å². The second-order valence-corrected chi connectivity index (χ2v) is 5.74. The van der Waals surface area contributed by atoms with Gasteiger partial charge in [-0.1, -0.05) is 18.2 Å². The first-order chi connectivity index (χ1) is 11.8. The van der Waals surface area contributed by atoms with Gasteiger partial charge >= 0.3 is 0 Å². The van der Waals surface area contributed by atoms with Gasteiger partial charge in [-0.3, -0.25) is 0 Å². The Balaban J connectivity index is 2.07. The molecule has 1 atom stereocenters. The highest BCUT2D eigenvalue weighted by molar-refractivity contribution is 5.53. The number of para-hydroxylation sites is 1. The van der Waals surface area contributed by atoms with Crippen molar-refractivity contribution < 1.29 is 14.2 Å². The molecule has 4 nitrogen and oxygen atoms in total. The summed E-state index contributed by atoms with van der Waals surface area (Å²) in [5.74, 6) is 2.54. The van der Waals surface area contributed by atoms with Crippen molar-refractivity contribution in [2.45, 2.75) is 26.3 Å².